The maximum absolute atomic E-state index is 14.2. The molecule has 10 heteroatoms. The predicted molar refractivity (Wildman–Crippen MR) is 180 cm³/mol. The lowest BCUT2D eigenvalue weighted by atomic mass is 9.96. The Labute approximate surface area is 274 Å². The molecule has 0 saturated carbocycles. The Morgan fingerprint density at radius 3 is 2.33 bits per heavy atom. The molecule has 0 saturated heterocycles. The Kier molecular flexibility index (Phi) is 8.80. The average Bonchev–Trinajstić information content (AvgIpc) is 3.49. The van der Waals surface area contributed by atoms with Crippen LogP contribution < -0.4 is 14.9 Å². The number of fused-ring (bicyclic) bond motifs is 2. The Hall–Kier alpha value is -4.73. The van der Waals surface area contributed by atoms with Gasteiger partial charge in [-0.25, -0.2) is 14.6 Å². The minimum atomic E-state index is -0.786. The number of rotatable bonds is 8. The van der Waals surface area contributed by atoms with Gasteiger partial charge in [-0.15, -0.1) is 0 Å². The zero-order valence-corrected chi connectivity index (χ0v) is 27.4. The number of para-hydroxylation sites is 1. The number of ether oxygens (including phenoxy) is 2. The number of hydrogen-bond donors (Lipinski definition) is 0. The van der Waals surface area contributed by atoms with Crippen LogP contribution in [0.3, 0.4) is 0 Å². The Bertz CT molecular complexity index is 2210. The van der Waals surface area contributed by atoms with E-state index in [-0.39, 0.29) is 23.7 Å². The first kappa shape index (κ1) is 31.3. The van der Waals surface area contributed by atoms with E-state index < -0.39 is 12.0 Å². The van der Waals surface area contributed by atoms with Gasteiger partial charge in [0.15, 0.2) is 4.80 Å². The highest BCUT2D eigenvalue weighted by atomic mass is 35.5. The molecule has 0 amide bonds. The fraction of sp³-hybridized carbons (Fsp3) is 0.222. The van der Waals surface area contributed by atoms with E-state index in [0.29, 0.717) is 44.3 Å². The Balaban J connectivity index is 1.48. The van der Waals surface area contributed by atoms with Gasteiger partial charge in [0.2, 0.25) is 0 Å². The van der Waals surface area contributed by atoms with E-state index in [1.54, 1.807) is 43.5 Å². The van der Waals surface area contributed by atoms with Crippen LogP contribution in [0.15, 0.2) is 93.9 Å². The molecule has 3 aromatic carbocycles. The monoisotopic (exact) mass is 653 g/mol. The van der Waals surface area contributed by atoms with Gasteiger partial charge in [-0.3, -0.25) is 9.36 Å². The van der Waals surface area contributed by atoms with Gasteiger partial charge in [-0.2, -0.15) is 0 Å². The number of nitrogens with zero attached hydrogens (tertiary/aromatic N) is 3. The molecule has 0 fully saturated rings. The van der Waals surface area contributed by atoms with Crippen LogP contribution in [0.4, 0.5) is 0 Å². The topological polar surface area (TPSA) is 91.9 Å². The van der Waals surface area contributed by atoms with E-state index in [1.807, 2.05) is 61.5 Å². The molecule has 8 nitrogen and oxygen atoms in total. The lowest BCUT2D eigenvalue weighted by Gasteiger charge is -2.25. The van der Waals surface area contributed by atoms with Gasteiger partial charge in [-0.1, -0.05) is 71.5 Å². The Morgan fingerprint density at radius 2 is 1.61 bits per heavy atom. The summed E-state index contributed by atoms with van der Waals surface area (Å²) in [5, 5.41) is 1.44. The van der Waals surface area contributed by atoms with Crippen molar-refractivity contribution in [2.45, 2.75) is 40.3 Å². The summed E-state index contributed by atoms with van der Waals surface area (Å²) in [6, 6.07) is 21.9. The van der Waals surface area contributed by atoms with E-state index in [1.165, 1.54) is 11.3 Å². The molecule has 1 aliphatic rings. The molecule has 1 atom stereocenters. The van der Waals surface area contributed by atoms with Gasteiger partial charge in [0.05, 0.1) is 34.6 Å². The normalized spacial score (nSPS) is 14.7. The molecule has 5 aromatic rings. The van der Waals surface area contributed by atoms with Crippen LogP contribution in [-0.2, 0) is 20.8 Å². The first-order valence-corrected chi connectivity index (χ1v) is 16.2. The molecule has 234 valence electrons. The second kappa shape index (κ2) is 12.9. The third-order valence-electron chi connectivity index (χ3n) is 8.08. The maximum atomic E-state index is 14.2. The van der Waals surface area contributed by atoms with E-state index in [0.717, 1.165) is 27.7 Å². The third kappa shape index (κ3) is 5.61. The summed E-state index contributed by atoms with van der Waals surface area (Å²) < 4.78 is 14.8. The van der Waals surface area contributed by atoms with Gasteiger partial charge >= 0.3 is 11.9 Å². The number of esters is 2. The lowest BCUT2D eigenvalue weighted by Crippen LogP contribution is -2.40. The SMILES string of the molecule is CCOC(=O)C1=C(C)N=c2s/c(=C\c3c(C)n(Cc4ccc(C(=O)OCC)cc4)c4ccccc34)c(=O)n2[C@@H]1c1ccccc1Cl. The van der Waals surface area contributed by atoms with E-state index in [2.05, 4.69) is 10.6 Å². The number of thiazole rings is 1. The molecule has 0 aliphatic carbocycles. The molecule has 0 spiro atoms. The third-order valence-corrected chi connectivity index (χ3v) is 9.40. The van der Waals surface area contributed by atoms with Crippen LogP contribution in [0.1, 0.15) is 59.6 Å². The zero-order chi connectivity index (χ0) is 32.5. The van der Waals surface area contributed by atoms with Crippen molar-refractivity contribution < 1.29 is 19.1 Å². The van der Waals surface area contributed by atoms with Crippen LogP contribution in [0.25, 0.3) is 17.0 Å². The van der Waals surface area contributed by atoms with Gasteiger partial charge < -0.3 is 14.0 Å². The summed E-state index contributed by atoms with van der Waals surface area (Å²) >= 11 is 7.93. The van der Waals surface area contributed by atoms with E-state index in [4.69, 9.17) is 26.1 Å². The molecule has 0 radical (unpaired) electrons. The number of benzene rings is 3. The summed E-state index contributed by atoms with van der Waals surface area (Å²) in [6.45, 7) is 8.39. The van der Waals surface area contributed by atoms with Crippen LogP contribution in [0, 0.1) is 6.92 Å². The molecular weight excluding hydrogens is 622 g/mol. The highest BCUT2D eigenvalue weighted by molar-refractivity contribution is 7.07. The van der Waals surface area contributed by atoms with Crippen molar-refractivity contribution in [3.63, 3.8) is 0 Å². The van der Waals surface area contributed by atoms with Crippen molar-refractivity contribution >= 4 is 51.9 Å². The van der Waals surface area contributed by atoms with Crippen molar-refractivity contribution in [2.75, 3.05) is 13.2 Å². The van der Waals surface area contributed by atoms with Crippen LogP contribution >= 0.6 is 22.9 Å². The number of carbonyl (C=O) groups excluding carboxylic acids is 2. The first-order chi connectivity index (χ1) is 22.2. The molecule has 2 aromatic heterocycles. The average molecular weight is 654 g/mol. The Morgan fingerprint density at radius 1 is 0.935 bits per heavy atom. The number of allylic oxidation sites excluding steroid dienone is 1. The van der Waals surface area contributed by atoms with Crippen molar-refractivity contribution in [2.24, 2.45) is 4.99 Å². The lowest BCUT2D eigenvalue weighted by molar-refractivity contribution is -0.139. The largest absolute Gasteiger partial charge is 0.463 e. The van der Waals surface area contributed by atoms with Gasteiger partial charge in [0, 0.05) is 33.7 Å². The molecule has 0 unspecified atom stereocenters. The second-order valence-electron chi connectivity index (χ2n) is 10.8. The quantitative estimate of drug-likeness (QED) is 0.193. The molecule has 46 heavy (non-hydrogen) atoms. The summed E-state index contributed by atoms with van der Waals surface area (Å²) in [5.74, 6) is -0.876. The number of halogens is 1. The van der Waals surface area contributed by atoms with Crippen LogP contribution in [0.5, 0.6) is 0 Å². The van der Waals surface area contributed by atoms with Gasteiger partial charge in [-0.05, 0) is 69.2 Å². The molecular formula is C36H32ClN3O5S. The fourth-order valence-electron chi connectivity index (χ4n) is 5.90. The summed E-state index contributed by atoms with van der Waals surface area (Å²) in [5.41, 5.74) is 5.56. The zero-order valence-electron chi connectivity index (χ0n) is 25.9. The van der Waals surface area contributed by atoms with Crippen LogP contribution in [0.2, 0.25) is 5.02 Å². The molecule has 6 rings (SSSR count). The highest BCUT2D eigenvalue weighted by Gasteiger charge is 2.34. The van der Waals surface area contributed by atoms with Gasteiger partial charge in [0.1, 0.15) is 6.04 Å². The van der Waals surface area contributed by atoms with Crippen LogP contribution in [-0.4, -0.2) is 34.3 Å². The summed E-state index contributed by atoms with van der Waals surface area (Å²) in [6.07, 6.45) is 1.91. The van der Waals surface area contributed by atoms with Crippen molar-refractivity contribution in [3.05, 3.63) is 137 Å². The van der Waals surface area contributed by atoms with E-state index in [9.17, 15) is 14.4 Å². The predicted octanol–water partition coefficient (Wildman–Crippen LogP) is 5.94. The second-order valence-corrected chi connectivity index (χ2v) is 12.3. The van der Waals surface area contributed by atoms with Crippen molar-refractivity contribution in [1.82, 2.24) is 9.13 Å². The molecule has 1 aliphatic heterocycles. The van der Waals surface area contributed by atoms with Gasteiger partial charge in [0.25, 0.3) is 5.56 Å². The number of hydrogen-bond acceptors (Lipinski definition) is 7. The smallest absolute Gasteiger partial charge is 0.338 e. The number of carbonyl (C=O) groups is 2. The number of aromatic nitrogens is 2. The summed E-state index contributed by atoms with van der Waals surface area (Å²) in [4.78, 5) is 44.8. The standard InChI is InChI=1S/C36H32ClN3O5S/c1-5-44-34(42)24-17-15-23(16-18-24)20-39-22(4)27(25-11-8-10-14-29(25)39)19-30-33(41)40-32(26-12-7-9-13-28(26)37)31(35(43)45-6-2)21(3)38-36(40)46-30/h7-19,32H,5-6,20H2,1-4H3/b30-19-/t32-/m1/s1. The maximum Gasteiger partial charge on any atom is 0.338 e. The van der Waals surface area contributed by atoms with Crippen molar-refractivity contribution in [1.29, 1.82) is 0 Å². The minimum Gasteiger partial charge on any atom is -0.463 e. The fourth-order valence-corrected chi connectivity index (χ4v) is 7.17. The van der Waals surface area contributed by atoms with E-state index >= 15 is 0 Å². The molecule has 0 bridgehead atoms. The van der Waals surface area contributed by atoms with Crippen molar-refractivity contribution in [3.8, 4) is 0 Å². The molecule has 3 heterocycles. The summed E-state index contributed by atoms with van der Waals surface area (Å²) in [7, 11) is 0. The highest BCUT2D eigenvalue weighted by Crippen LogP contribution is 2.34. The minimum absolute atomic E-state index is 0.189. The first-order valence-electron chi connectivity index (χ1n) is 15.0. The molecule has 0 N–H and O–H groups in total.